The molecule has 0 saturated heterocycles. The molecule has 4 rings (SSSR count). The number of para-hydroxylation sites is 2. The summed E-state index contributed by atoms with van der Waals surface area (Å²) in [5.74, 6) is 2.40. The number of benzene rings is 3. The third-order valence-electron chi connectivity index (χ3n) is 6.31. The summed E-state index contributed by atoms with van der Waals surface area (Å²) < 4.78 is 8.32. The van der Waals surface area contributed by atoms with Gasteiger partial charge in [0.15, 0.2) is 0 Å². The molecule has 0 aliphatic heterocycles. The van der Waals surface area contributed by atoms with E-state index in [1.54, 1.807) is 24.3 Å². The first-order valence-electron chi connectivity index (χ1n) is 12.7. The zero-order chi connectivity index (χ0) is 25.3. The highest BCUT2D eigenvalue weighted by Crippen LogP contribution is 2.20. The fourth-order valence-corrected chi connectivity index (χ4v) is 4.48. The number of carbonyl (C=O) groups is 1. The summed E-state index contributed by atoms with van der Waals surface area (Å²) in [5.41, 5.74) is 4.06. The van der Waals surface area contributed by atoms with Crippen LogP contribution in [0.1, 0.15) is 60.8 Å². The predicted molar refractivity (Wildman–Crippen MR) is 147 cm³/mol. The molecule has 6 heteroatoms. The van der Waals surface area contributed by atoms with Crippen molar-refractivity contribution in [1.29, 1.82) is 0 Å². The van der Waals surface area contributed by atoms with E-state index in [-0.39, 0.29) is 5.91 Å². The lowest BCUT2D eigenvalue weighted by atomic mass is 10.0. The first kappa shape index (κ1) is 25.8. The molecule has 5 nitrogen and oxygen atoms in total. The number of unbranched alkanes of at least 4 members (excludes halogenated alkanes) is 2. The van der Waals surface area contributed by atoms with Gasteiger partial charge in [0.25, 0.3) is 5.91 Å². The number of nitrogens with one attached hydrogen (secondary N) is 1. The van der Waals surface area contributed by atoms with Gasteiger partial charge >= 0.3 is 0 Å². The number of halogens is 1. The molecule has 1 N–H and O–H groups in total. The number of carbonyl (C=O) groups excluding carboxylic acids is 1. The van der Waals surface area contributed by atoms with Crippen molar-refractivity contribution in [3.05, 3.63) is 94.8 Å². The molecule has 0 aliphatic rings. The fraction of sp³-hybridized carbons (Fsp3) is 0.333. The van der Waals surface area contributed by atoms with Gasteiger partial charge in [-0.25, -0.2) is 4.98 Å². The molecule has 4 aromatic rings. The summed E-state index contributed by atoms with van der Waals surface area (Å²) >= 11 is 5.97. The van der Waals surface area contributed by atoms with Crippen LogP contribution in [-0.2, 0) is 13.0 Å². The molecule has 1 amide bonds. The van der Waals surface area contributed by atoms with Crippen molar-refractivity contribution in [3.8, 4) is 5.75 Å². The Balaban J connectivity index is 1.27. The molecular formula is C30H34ClN3O2. The summed E-state index contributed by atoms with van der Waals surface area (Å²) in [7, 11) is 0. The third-order valence-corrected chi connectivity index (χ3v) is 6.55. The van der Waals surface area contributed by atoms with Crippen LogP contribution < -0.4 is 10.1 Å². The normalized spacial score (nSPS) is 11.2. The Morgan fingerprint density at radius 2 is 1.81 bits per heavy atom. The molecule has 1 aromatic heterocycles. The van der Waals surface area contributed by atoms with Gasteiger partial charge in [0.05, 0.1) is 17.6 Å². The molecular weight excluding hydrogens is 470 g/mol. The molecule has 1 heterocycles. The minimum Gasteiger partial charge on any atom is -0.492 e. The highest BCUT2D eigenvalue weighted by molar-refractivity contribution is 6.30. The molecule has 0 spiro atoms. The van der Waals surface area contributed by atoms with Gasteiger partial charge in [-0.1, -0.05) is 62.2 Å². The summed E-state index contributed by atoms with van der Waals surface area (Å²) in [6.45, 7) is 6.37. The van der Waals surface area contributed by atoms with Crippen LogP contribution >= 0.6 is 11.6 Å². The van der Waals surface area contributed by atoms with Crippen molar-refractivity contribution < 1.29 is 9.53 Å². The minimum atomic E-state index is -0.0851. The number of imidazole rings is 1. The smallest absolute Gasteiger partial charge is 0.251 e. The second kappa shape index (κ2) is 12.6. The average molecular weight is 504 g/mol. The quantitative estimate of drug-likeness (QED) is 0.211. The number of nitrogens with zero attached hydrogens (tertiary/aromatic N) is 2. The Bertz CT molecular complexity index is 1280. The Kier molecular flexibility index (Phi) is 9.01. The number of amides is 1. The molecule has 0 fully saturated rings. The first-order chi connectivity index (χ1) is 17.5. The standard InChI is InChI=1S/C30H34ClN3O2/c1-22(2)23-14-16-26(17-15-23)36-20-19-34-28-12-6-5-11-27(28)33-29(34)13-4-3-7-18-32-30(35)24-9-8-10-25(31)21-24/h5-6,8-12,14-17,21-22H,3-4,7,13,18-20H2,1-2H3,(H,32,35). The molecule has 0 aliphatic carbocycles. The number of hydrogen-bond acceptors (Lipinski definition) is 3. The van der Waals surface area contributed by atoms with E-state index in [0.717, 1.165) is 54.8 Å². The van der Waals surface area contributed by atoms with Gasteiger partial charge in [0, 0.05) is 23.6 Å². The molecule has 0 radical (unpaired) electrons. The van der Waals surface area contributed by atoms with Crippen molar-refractivity contribution >= 4 is 28.5 Å². The number of ether oxygens (including phenoxy) is 1. The van der Waals surface area contributed by atoms with E-state index in [4.69, 9.17) is 21.3 Å². The van der Waals surface area contributed by atoms with E-state index >= 15 is 0 Å². The van der Waals surface area contributed by atoms with Gasteiger partial charge in [-0.2, -0.15) is 0 Å². The maximum atomic E-state index is 12.2. The van der Waals surface area contributed by atoms with Crippen molar-refractivity contribution in [2.24, 2.45) is 0 Å². The fourth-order valence-electron chi connectivity index (χ4n) is 4.29. The van der Waals surface area contributed by atoms with Gasteiger partial charge in [-0.05, 0) is 66.8 Å². The Hall–Kier alpha value is -3.31. The molecule has 0 saturated carbocycles. The highest BCUT2D eigenvalue weighted by Gasteiger charge is 2.11. The summed E-state index contributed by atoms with van der Waals surface area (Å²) in [5, 5.41) is 3.55. The predicted octanol–water partition coefficient (Wildman–Crippen LogP) is 7.03. The molecule has 188 valence electrons. The van der Waals surface area contributed by atoms with Crippen LogP contribution in [0.3, 0.4) is 0 Å². The molecule has 3 aromatic carbocycles. The van der Waals surface area contributed by atoms with Crippen LogP contribution in [0.5, 0.6) is 5.75 Å². The zero-order valence-corrected chi connectivity index (χ0v) is 21.8. The van der Waals surface area contributed by atoms with Crippen LogP contribution in [0.15, 0.2) is 72.8 Å². The SMILES string of the molecule is CC(C)c1ccc(OCCn2c(CCCCCNC(=O)c3cccc(Cl)c3)nc3ccccc32)cc1. The highest BCUT2D eigenvalue weighted by atomic mass is 35.5. The molecule has 0 atom stereocenters. The van der Waals surface area contributed by atoms with E-state index in [9.17, 15) is 4.79 Å². The van der Waals surface area contributed by atoms with Crippen molar-refractivity contribution in [2.45, 2.75) is 52.0 Å². The number of fused-ring (bicyclic) bond motifs is 1. The van der Waals surface area contributed by atoms with Gasteiger partial charge in [-0.3, -0.25) is 4.79 Å². The maximum Gasteiger partial charge on any atom is 0.251 e. The van der Waals surface area contributed by atoms with Crippen LogP contribution in [-0.4, -0.2) is 28.6 Å². The van der Waals surface area contributed by atoms with E-state index in [1.807, 2.05) is 18.2 Å². The lowest BCUT2D eigenvalue weighted by Gasteiger charge is -2.12. The van der Waals surface area contributed by atoms with E-state index in [2.05, 4.69) is 54.1 Å². The zero-order valence-electron chi connectivity index (χ0n) is 21.0. The van der Waals surface area contributed by atoms with Crippen LogP contribution in [0.4, 0.5) is 0 Å². The Morgan fingerprint density at radius 3 is 2.58 bits per heavy atom. The number of aryl methyl sites for hydroxylation is 1. The van der Waals surface area contributed by atoms with Crippen molar-refractivity contribution in [1.82, 2.24) is 14.9 Å². The number of hydrogen-bond donors (Lipinski definition) is 1. The lowest BCUT2D eigenvalue weighted by Crippen LogP contribution is -2.24. The summed E-state index contributed by atoms with van der Waals surface area (Å²) in [4.78, 5) is 17.1. The molecule has 0 bridgehead atoms. The Morgan fingerprint density at radius 1 is 1.00 bits per heavy atom. The van der Waals surface area contributed by atoms with E-state index in [1.165, 1.54) is 5.56 Å². The van der Waals surface area contributed by atoms with Crippen molar-refractivity contribution in [3.63, 3.8) is 0 Å². The monoisotopic (exact) mass is 503 g/mol. The summed E-state index contributed by atoms with van der Waals surface area (Å²) in [6, 6.07) is 23.6. The number of rotatable bonds is 12. The first-order valence-corrected chi connectivity index (χ1v) is 13.1. The van der Waals surface area contributed by atoms with Gasteiger partial charge in [0.1, 0.15) is 18.2 Å². The summed E-state index contributed by atoms with van der Waals surface area (Å²) in [6.07, 6.45) is 3.83. The van der Waals surface area contributed by atoms with Crippen LogP contribution in [0.25, 0.3) is 11.0 Å². The number of aromatic nitrogens is 2. The molecule has 0 unspecified atom stereocenters. The van der Waals surface area contributed by atoms with Crippen LogP contribution in [0, 0.1) is 0 Å². The van der Waals surface area contributed by atoms with Crippen molar-refractivity contribution in [2.75, 3.05) is 13.2 Å². The van der Waals surface area contributed by atoms with Gasteiger partial charge in [-0.15, -0.1) is 0 Å². The largest absolute Gasteiger partial charge is 0.492 e. The molecule has 36 heavy (non-hydrogen) atoms. The van der Waals surface area contributed by atoms with E-state index in [0.29, 0.717) is 29.7 Å². The van der Waals surface area contributed by atoms with E-state index < -0.39 is 0 Å². The third kappa shape index (κ3) is 6.88. The van der Waals surface area contributed by atoms with Gasteiger partial charge in [0.2, 0.25) is 0 Å². The second-order valence-electron chi connectivity index (χ2n) is 9.32. The minimum absolute atomic E-state index is 0.0851. The van der Waals surface area contributed by atoms with Gasteiger partial charge < -0.3 is 14.6 Å². The maximum absolute atomic E-state index is 12.2. The second-order valence-corrected chi connectivity index (χ2v) is 9.75. The lowest BCUT2D eigenvalue weighted by molar-refractivity contribution is 0.0953. The Labute approximate surface area is 218 Å². The average Bonchev–Trinajstić information content (AvgIpc) is 3.23. The topological polar surface area (TPSA) is 56.1 Å². The van der Waals surface area contributed by atoms with Crippen LogP contribution in [0.2, 0.25) is 5.02 Å².